The molecule has 1 amide bonds. The summed E-state index contributed by atoms with van der Waals surface area (Å²) in [7, 11) is 1.81. The van der Waals surface area contributed by atoms with E-state index in [9.17, 15) is 4.79 Å². The van der Waals surface area contributed by atoms with Gasteiger partial charge in [-0.25, -0.2) is 4.79 Å². The Morgan fingerprint density at radius 1 is 1.53 bits per heavy atom. The number of thiophene rings is 1. The SMILES string of the molecule is CN(C(=O)OC(C)(C)C)C1CCc2scc(Cl)c2C1. The Bertz CT molecular complexity index is 478. The van der Waals surface area contributed by atoms with Crippen LogP contribution in [0.2, 0.25) is 5.02 Å². The van der Waals surface area contributed by atoms with Crippen molar-refractivity contribution < 1.29 is 9.53 Å². The van der Waals surface area contributed by atoms with E-state index in [1.165, 1.54) is 10.4 Å². The zero-order valence-electron chi connectivity index (χ0n) is 11.8. The van der Waals surface area contributed by atoms with Crippen LogP contribution in [0.4, 0.5) is 4.79 Å². The van der Waals surface area contributed by atoms with Crippen LogP contribution in [-0.4, -0.2) is 29.7 Å². The van der Waals surface area contributed by atoms with Crippen LogP contribution in [0.15, 0.2) is 5.38 Å². The van der Waals surface area contributed by atoms with Gasteiger partial charge in [0.1, 0.15) is 5.60 Å². The van der Waals surface area contributed by atoms with E-state index in [1.54, 1.807) is 16.2 Å². The summed E-state index contributed by atoms with van der Waals surface area (Å²) in [6, 6.07) is 0.175. The van der Waals surface area contributed by atoms with E-state index in [4.69, 9.17) is 16.3 Å². The highest BCUT2D eigenvalue weighted by Gasteiger charge is 2.29. The third kappa shape index (κ3) is 3.42. The van der Waals surface area contributed by atoms with E-state index in [0.717, 1.165) is 24.3 Å². The predicted octanol–water partition coefficient (Wildman–Crippen LogP) is 4.13. The molecule has 1 heterocycles. The Labute approximate surface area is 123 Å². The number of aryl methyl sites for hydroxylation is 1. The topological polar surface area (TPSA) is 29.5 Å². The smallest absolute Gasteiger partial charge is 0.410 e. The van der Waals surface area contributed by atoms with Gasteiger partial charge in [0.05, 0.1) is 5.02 Å². The summed E-state index contributed by atoms with van der Waals surface area (Å²) in [6.07, 6.45) is 2.53. The predicted molar refractivity (Wildman–Crippen MR) is 79.1 cm³/mol. The van der Waals surface area contributed by atoms with Crippen molar-refractivity contribution in [1.82, 2.24) is 4.90 Å². The van der Waals surface area contributed by atoms with Crippen molar-refractivity contribution in [2.75, 3.05) is 7.05 Å². The van der Waals surface area contributed by atoms with E-state index >= 15 is 0 Å². The van der Waals surface area contributed by atoms with Crippen LogP contribution in [0, 0.1) is 0 Å². The van der Waals surface area contributed by atoms with E-state index in [0.29, 0.717) is 0 Å². The van der Waals surface area contributed by atoms with Crippen LogP contribution >= 0.6 is 22.9 Å². The van der Waals surface area contributed by atoms with E-state index in [-0.39, 0.29) is 12.1 Å². The monoisotopic (exact) mass is 301 g/mol. The number of carbonyl (C=O) groups is 1. The molecule has 0 spiro atoms. The standard InChI is InChI=1S/C14H20ClNO2S/c1-14(2,3)18-13(17)16(4)9-5-6-12-10(7-9)11(15)8-19-12/h8-9H,5-7H2,1-4H3. The lowest BCUT2D eigenvalue weighted by Crippen LogP contribution is -2.43. The van der Waals surface area contributed by atoms with Gasteiger partial charge in [-0.15, -0.1) is 11.3 Å². The van der Waals surface area contributed by atoms with Crippen molar-refractivity contribution in [2.45, 2.75) is 51.7 Å². The highest BCUT2D eigenvalue weighted by atomic mass is 35.5. The third-order valence-electron chi connectivity index (χ3n) is 3.30. The number of amides is 1. The number of halogens is 1. The molecule has 1 aromatic heterocycles. The second kappa shape index (κ2) is 5.33. The molecule has 1 aromatic rings. The first-order valence-corrected chi connectivity index (χ1v) is 7.74. The average Bonchev–Trinajstić information content (AvgIpc) is 2.67. The maximum atomic E-state index is 12.1. The van der Waals surface area contributed by atoms with Gasteiger partial charge in [-0.3, -0.25) is 0 Å². The van der Waals surface area contributed by atoms with E-state index in [1.807, 2.05) is 33.2 Å². The molecule has 2 rings (SSSR count). The summed E-state index contributed by atoms with van der Waals surface area (Å²) in [5.74, 6) is 0. The summed E-state index contributed by atoms with van der Waals surface area (Å²) in [5, 5.41) is 2.82. The molecule has 1 unspecified atom stereocenters. The molecule has 19 heavy (non-hydrogen) atoms. The van der Waals surface area contributed by atoms with Crippen molar-refractivity contribution in [1.29, 1.82) is 0 Å². The fraction of sp³-hybridized carbons (Fsp3) is 0.643. The minimum Gasteiger partial charge on any atom is -0.444 e. The van der Waals surface area contributed by atoms with Gasteiger partial charge in [0.2, 0.25) is 0 Å². The fourth-order valence-corrected chi connectivity index (χ4v) is 3.61. The number of likely N-dealkylation sites (N-methyl/N-ethyl adjacent to an activating group) is 1. The van der Waals surface area contributed by atoms with Gasteiger partial charge in [-0.2, -0.15) is 0 Å². The first-order valence-electron chi connectivity index (χ1n) is 6.48. The largest absolute Gasteiger partial charge is 0.444 e. The Morgan fingerprint density at radius 2 is 2.21 bits per heavy atom. The molecule has 1 atom stereocenters. The number of fused-ring (bicyclic) bond motifs is 1. The Morgan fingerprint density at radius 3 is 2.84 bits per heavy atom. The lowest BCUT2D eigenvalue weighted by molar-refractivity contribution is 0.0210. The molecule has 0 bridgehead atoms. The van der Waals surface area contributed by atoms with Crippen LogP contribution in [0.5, 0.6) is 0 Å². The molecule has 1 aliphatic rings. The quantitative estimate of drug-likeness (QED) is 0.780. The van der Waals surface area contributed by atoms with Gasteiger partial charge in [-0.1, -0.05) is 11.6 Å². The van der Waals surface area contributed by atoms with Gasteiger partial charge in [0, 0.05) is 23.3 Å². The molecule has 3 nitrogen and oxygen atoms in total. The maximum absolute atomic E-state index is 12.1. The Balaban J connectivity index is 2.04. The number of nitrogens with zero attached hydrogens (tertiary/aromatic N) is 1. The summed E-state index contributed by atoms with van der Waals surface area (Å²) in [4.78, 5) is 15.1. The first-order chi connectivity index (χ1) is 8.78. The number of hydrogen-bond acceptors (Lipinski definition) is 3. The first kappa shape index (κ1) is 14.7. The van der Waals surface area contributed by atoms with Gasteiger partial charge in [-0.05, 0) is 45.6 Å². The summed E-state index contributed by atoms with van der Waals surface area (Å²) in [6.45, 7) is 5.65. The number of carbonyl (C=O) groups excluding carboxylic acids is 1. The van der Waals surface area contributed by atoms with Crippen LogP contribution in [0.3, 0.4) is 0 Å². The summed E-state index contributed by atoms with van der Waals surface area (Å²) < 4.78 is 5.41. The van der Waals surface area contributed by atoms with Crippen molar-refractivity contribution >= 4 is 29.0 Å². The highest BCUT2D eigenvalue weighted by molar-refractivity contribution is 7.10. The second-order valence-electron chi connectivity index (χ2n) is 5.97. The van der Waals surface area contributed by atoms with Crippen LogP contribution in [-0.2, 0) is 17.6 Å². The Hall–Kier alpha value is -0.740. The zero-order valence-corrected chi connectivity index (χ0v) is 13.4. The molecule has 0 aliphatic heterocycles. The van der Waals surface area contributed by atoms with E-state index in [2.05, 4.69) is 0 Å². The molecule has 1 aliphatic carbocycles. The molecule has 0 fully saturated rings. The number of hydrogen-bond donors (Lipinski definition) is 0. The van der Waals surface area contributed by atoms with Crippen LogP contribution < -0.4 is 0 Å². The van der Waals surface area contributed by atoms with Crippen molar-refractivity contribution in [3.63, 3.8) is 0 Å². The molecule has 0 N–H and O–H groups in total. The van der Waals surface area contributed by atoms with Crippen LogP contribution in [0.25, 0.3) is 0 Å². The van der Waals surface area contributed by atoms with Crippen molar-refractivity contribution in [3.05, 3.63) is 20.8 Å². The molecular formula is C14H20ClNO2S. The summed E-state index contributed by atoms with van der Waals surface area (Å²) in [5.41, 5.74) is 0.754. The molecule has 0 radical (unpaired) electrons. The molecule has 0 saturated carbocycles. The van der Waals surface area contributed by atoms with Crippen molar-refractivity contribution in [2.24, 2.45) is 0 Å². The van der Waals surface area contributed by atoms with Gasteiger partial charge in [0.15, 0.2) is 0 Å². The number of ether oxygens (including phenoxy) is 1. The van der Waals surface area contributed by atoms with Crippen LogP contribution in [0.1, 0.15) is 37.6 Å². The van der Waals surface area contributed by atoms with Gasteiger partial charge in [0.25, 0.3) is 0 Å². The van der Waals surface area contributed by atoms with Gasteiger partial charge >= 0.3 is 6.09 Å². The molecule has 106 valence electrons. The van der Waals surface area contributed by atoms with E-state index < -0.39 is 5.60 Å². The average molecular weight is 302 g/mol. The number of rotatable bonds is 1. The second-order valence-corrected chi connectivity index (χ2v) is 7.34. The molecular weight excluding hydrogens is 282 g/mol. The zero-order chi connectivity index (χ0) is 14.2. The molecule has 0 aromatic carbocycles. The lowest BCUT2D eigenvalue weighted by Gasteiger charge is -2.33. The summed E-state index contributed by atoms with van der Waals surface area (Å²) >= 11 is 7.91. The maximum Gasteiger partial charge on any atom is 0.410 e. The third-order valence-corrected chi connectivity index (χ3v) is 4.86. The fourth-order valence-electron chi connectivity index (χ4n) is 2.27. The van der Waals surface area contributed by atoms with Crippen molar-refractivity contribution in [3.8, 4) is 0 Å². The minimum atomic E-state index is -0.453. The normalized spacial score (nSPS) is 18.9. The molecule has 5 heteroatoms. The minimum absolute atomic E-state index is 0.175. The van der Waals surface area contributed by atoms with Gasteiger partial charge < -0.3 is 9.64 Å². The lowest BCUT2D eigenvalue weighted by atomic mass is 9.94. The molecule has 0 saturated heterocycles. The Kier molecular flexibility index (Phi) is 4.11. The highest BCUT2D eigenvalue weighted by Crippen LogP contribution is 2.34.